The van der Waals surface area contributed by atoms with Crippen LogP contribution in [0.3, 0.4) is 0 Å². The molecule has 0 spiro atoms. The van der Waals surface area contributed by atoms with Crippen molar-refractivity contribution >= 4 is 11.5 Å². The number of hydrogen-bond donors (Lipinski definition) is 2. The zero-order chi connectivity index (χ0) is 11.3. The molecule has 3 heteroatoms. The number of hydrogen-bond acceptors (Lipinski definition) is 2. The predicted octanol–water partition coefficient (Wildman–Crippen LogP) is 1.51. The molecule has 0 saturated heterocycles. The van der Waals surface area contributed by atoms with Gasteiger partial charge in [0.05, 0.1) is 5.57 Å². The summed E-state index contributed by atoms with van der Waals surface area (Å²) in [6.45, 7) is 3.83. The summed E-state index contributed by atoms with van der Waals surface area (Å²) in [6, 6.07) is 9.48. The maximum absolute atomic E-state index is 11.7. The van der Waals surface area contributed by atoms with Gasteiger partial charge in [-0.2, -0.15) is 0 Å². The molecule has 0 saturated carbocycles. The molecule has 3 nitrogen and oxygen atoms in total. The third-order valence-corrected chi connectivity index (χ3v) is 1.92. The minimum atomic E-state index is -0.140. The van der Waals surface area contributed by atoms with Crippen molar-refractivity contribution < 1.29 is 4.79 Å². The highest BCUT2D eigenvalue weighted by molar-refractivity contribution is 6.19. The molecule has 15 heavy (non-hydrogen) atoms. The highest BCUT2D eigenvalue weighted by Crippen LogP contribution is 2.12. The third kappa shape index (κ3) is 3.13. The largest absolute Gasteiger partial charge is 0.404 e. The SMILES string of the molecule is CC(C)NC(=O)C(=CN)c1ccccc1. The van der Waals surface area contributed by atoms with E-state index in [2.05, 4.69) is 5.32 Å². The number of benzene rings is 1. The van der Waals surface area contributed by atoms with Crippen molar-refractivity contribution in [1.82, 2.24) is 5.32 Å². The van der Waals surface area contributed by atoms with E-state index >= 15 is 0 Å². The van der Waals surface area contributed by atoms with Gasteiger partial charge in [0.1, 0.15) is 0 Å². The molecular weight excluding hydrogens is 188 g/mol. The van der Waals surface area contributed by atoms with Gasteiger partial charge in [-0.15, -0.1) is 0 Å². The van der Waals surface area contributed by atoms with Crippen molar-refractivity contribution in [2.75, 3.05) is 0 Å². The molecule has 0 aliphatic rings. The summed E-state index contributed by atoms with van der Waals surface area (Å²) in [6.07, 6.45) is 1.34. The second kappa shape index (κ2) is 5.20. The highest BCUT2D eigenvalue weighted by Gasteiger charge is 2.11. The predicted molar refractivity (Wildman–Crippen MR) is 61.9 cm³/mol. The molecule has 1 amide bonds. The lowest BCUT2D eigenvalue weighted by Gasteiger charge is -2.10. The van der Waals surface area contributed by atoms with Crippen LogP contribution < -0.4 is 11.1 Å². The number of nitrogens with one attached hydrogen (secondary N) is 1. The fourth-order valence-electron chi connectivity index (χ4n) is 1.26. The monoisotopic (exact) mass is 204 g/mol. The van der Waals surface area contributed by atoms with Gasteiger partial charge in [-0.25, -0.2) is 0 Å². The Kier molecular flexibility index (Phi) is 3.92. The summed E-state index contributed by atoms with van der Waals surface area (Å²) in [5.74, 6) is -0.140. The average molecular weight is 204 g/mol. The summed E-state index contributed by atoms with van der Waals surface area (Å²) in [5.41, 5.74) is 6.79. The summed E-state index contributed by atoms with van der Waals surface area (Å²) in [4.78, 5) is 11.7. The number of carbonyl (C=O) groups excluding carboxylic acids is 1. The Balaban J connectivity index is 2.87. The molecule has 0 bridgehead atoms. The zero-order valence-corrected chi connectivity index (χ0v) is 9.03. The first-order valence-corrected chi connectivity index (χ1v) is 4.93. The first kappa shape index (κ1) is 11.3. The van der Waals surface area contributed by atoms with Crippen LogP contribution in [0.2, 0.25) is 0 Å². The summed E-state index contributed by atoms with van der Waals surface area (Å²) in [5, 5.41) is 2.81. The molecule has 3 N–H and O–H groups in total. The van der Waals surface area contributed by atoms with Gasteiger partial charge in [-0.3, -0.25) is 4.79 Å². The number of carbonyl (C=O) groups is 1. The lowest BCUT2D eigenvalue weighted by molar-refractivity contribution is -0.116. The Morgan fingerprint density at radius 2 is 1.93 bits per heavy atom. The standard InChI is InChI=1S/C12H16N2O/c1-9(2)14-12(15)11(8-13)10-6-4-3-5-7-10/h3-9H,13H2,1-2H3,(H,14,15). The van der Waals surface area contributed by atoms with Crippen LogP contribution in [-0.4, -0.2) is 11.9 Å². The number of rotatable bonds is 3. The Morgan fingerprint density at radius 3 is 2.40 bits per heavy atom. The molecule has 0 atom stereocenters. The molecule has 0 aromatic heterocycles. The van der Waals surface area contributed by atoms with Crippen LogP contribution >= 0.6 is 0 Å². The Hall–Kier alpha value is -1.77. The van der Waals surface area contributed by atoms with Crippen LogP contribution in [0.15, 0.2) is 36.5 Å². The average Bonchev–Trinajstić information content (AvgIpc) is 2.19. The van der Waals surface area contributed by atoms with E-state index in [0.717, 1.165) is 5.56 Å². The van der Waals surface area contributed by atoms with Crippen LogP contribution in [0, 0.1) is 0 Å². The van der Waals surface area contributed by atoms with E-state index in [1.165, 1.54) is 6.20 Å². The van der Waals surface area contributed by atoms with Crippen molar-refractivity contribution in [2.24, 2.45) is 5.73 Å². The molecule has 1 aromatic rings. The summed E-state index contributed by atoms with van der Waals surface area (Å²) in [7, 11) is 0. The Bertz CT molecular complexity index is 355. The van der Waals surface area contributed by atoms with Gasteiger partial charge in [0.2, 0.25) is 0 Å². The van der Waals surface area contributed by atoms with Crippen LogP contribution in [0.1, 0.15) is 19.4 Å². The molecule has 0 radical (unpaired) electrons. The van der Waals surface area contributed by atoms with Crippen molar-refractivity contribution in [2.45, 2.75) is 19.9 Å². The van der Waals surface area contributed by atoms with Gasteiger partial charge in [-0.05, 0) is 19.4 Å². The lowest BCUT2D eigenvalue weighted by atomic mass is 10.1. The van der Waals surface area contributed by atoms with E-state index in [0.29, 0.717) is 5.57 Å². The molecular formula is C12H16N2O. The quantitative estimate of drug-likeness (QED) is 0.733. The van der Waals surface area contributed by atoms with E-state index in [-0.39, 0.29) is 11.9 Å². The zero-order valence-electron chi connectivity index (χ0n) is 9.03. The molecule has 0 unspecified atom stereocenters. The first-order chi connectivity index (χ1) is 7.15. The van der Waals surface area contributed by atoms with Crippen molar-refractivity contribution in [1.29, 1.82) is 0 Å². The minimum absolute atomic E-state index is 0.108. The normalized spacial score (nSPS) is 11.5. The maximum atomic E-state index is 11.7. The van der Waals surface area contributed by atoms with E-state index in [4.69, 9.17) is 5.73 Å². The maximum Gasteiger partial charge on any atom is 0.253 e. The van der Waals surface area contributed by atoms with Gasteiger partial charge >= 0.3 is 0 Å². The molecule has 1 rings (SSSR count). The van der Waals surface area contributed by atoms with E-state index < -0.39 is 0 Å². The summed E-state index contributed by atoms with van der Waals surface area (Å²) < 4.78 is 0. The number of nitrogens with two attached hydrogens (primary N) is 1. The molecule has 0 heterocycles. The molecule has 0 aliphatic heterocycles. The Labute approximate surface area is 90.0 Å². The van der Waals surface area contributed by atoms with E-state index in [9.17, 15) is 4.79 Å². The van der Waals surface area contributed by atoms with Gasteiger partial charge in [0.15, 0.2) is 0 Å². The lowest BCUT2D eigenvalue weighted by Crippen LogP contribution is -2.31. The fourth-order valence-corrected chi connectivity index (χ4v) is 1.26. The molecule has 1 aromatic carbocycles. The molecule has 80 valence electrons. The minimum Gasteiger partial charge on any atom is -0.404 e. The van der Waals surface area contributed by atoms with Crippen LogP contribution in [0.5, 0.6) is 0 Å². The summed E-state index contributed by atoms with van der Waals surface area (Å²) >= 11 is 0. The van der Waals surface area contributed by atoms with Crippen LogP contribution in [0.25, 0.3) is 5.57 Å². The number of amides is 1. The van der Waals surface area contributed by atoms with Gasteiger partial charge < -0.3 is 11.1 Å². The topological polar surface area (TPSA) is 55.1 Å². The smallest absolute Gasteiger partial charge is 0.253 e. The van der Waals surface area contributed by atoms with Crippen molar-refractivity contribution in [3.63, 3.8) is 0 Å². The second-order valence-electron chi connectivity index (χ2n) is 3.57. The van der Waals surface area contributed by atoms with Gasteiger partial charge in [-0.1, -0.05) is 30.3 Å². The van der Waals surface area contributed by atoms with Crippen molar-refractivity contribution in [3.8, 4) is 0 Å². The van der Waals surface area contributed by atoms with Gasteiger partial charge in [0, 0.05) is 12.2 Å². The Morgan fingerprint density at radius 1 is 1.33 bits per heavy atom. The van der Waals surface area contributed by atoms with Crippen LogP contribution in [-0.2, 0) is 4.79 Å². The third-order valence-electron chi connectivity index (χ3n) is 1.92. The van der Waals surface area contributed by atoms with Gasteiger partial charge in [0.25, 0.3) is 5.91 Å². The van der Waals surface area contributed by atoms with E-state index in [1.807, 2.05) is 44.2 Å². The van der Waals surface area contributed by atoms with E-state index in [1.54, 1.807) is 0 Å². The van der Waals surface area contributed by atoms with Crippen molar-refractivity contribution in [3.05, 3.63) is 42.1 Å². The first-order valence-electron chi connectivity index (χ1n) is 4.93. The highest BCUT2D eigenvalue weighted by atomic mass is 16.1. The molecule has 0 aliphatic carbocycles. The fraction of sp³-hybridized carbons (Fsp3) is 0.250. The second-order valence-corrected chi connectivity index (χ2v) is 3.57. The van der Waals surface area contributed by atoms with Crippen LogP contribution in [0.4, 0.5) is 0 Å². The molecule has 0 fully saturated rings.